The van der Waals surface area contributed by atoms with Crippen LogP contribution in [0.25, 0.3) is 6.08 Å². The minimum absolute atomic E-state index is 0.0333. The zero-order chi connectivity index (χ0) is 14.3. The van der Waals surface area contributed by atoms with E-state index in [1.165, 1.54) is 18.2 Å². The first-order chi connectivity index (χ1) is 9.54. The lowest BCUT2D eigenvalue weighted by molar-refractivity contribution is -0.385. The molecule has 3 rings (SSSR count). The van der Waals surface area contributed by atoms with E-state index in [2.05, 4.69) is 0 Å². The van der Waals surface area contributed by atoms with E-state index in [1.807, 2.05) is 0 Å². The normalized spacial score (nSPS) is 22.1. The molecule has 0 bridgehead atoms. The Morgan fingerprint density at radius 2 is 2.05 bits per heavy atom. The summed E-state index contributed by atoms with van der Waals surface area (Å²) in [7, 11) is 0. The molecule has 0 N–H and O–H groups in total. The Morgan fingerprint density at radius 1 is 1.35 bits per heavy atom. The van der Waals surface area contributed by atoms with Gasteiger partial charge in [-0.15, -0.1) is 0 Å². The van der Waals surface area contributed by atoms with Crippen molar-refractivity contribution in [3.63, 3.8) is 0 Å². The van der Waals surface area contributed by atoms with Crippen LogP contribution in [0, 0.1) is 10.1 Å². The number of benzene rings is 1. The molecule has 0 amide bonds. The van der Waals surface area contributed by atoms with Gasteiger partial charge in [0.05, 0.1) is 16.6 Å². The van der Waals surface area contributed by atoms with Crippen molar-refractivity contribution >= 4 is 17.7 Å². The molecule has 1 atom stereocenters. The van der Waals surface area contributed by atoms with Crippen molar-refractivity contribution in [2.75, 3.05) is 6.79 Å². The molecule has 0 saturated carbocycles. The molecule has 2 heterocycles. The van der Waals surface area contributed by atoms with Crippen LogP contribution in [0.15, 0.2) is 17.7 Å². The van der Waals surface area contributed by atoms with Crippen LogP contribution < -0.4 is 9.47 Å². The molecule has 0 aliphatic carbocycles. The van der Waals surface area contributed by atoms with Gasteiger partial charge in [-0.2, -0.15) is 0 Å². The van der Waals surface area contributed by atoms with Crippen LogP contribution in [0.2, 0.25) is 0 Å². The number of cyclic esters (lactones) is 1. The third-order valence-electron chi connectivity index (χ3n) is 3.13. The van der Waals surface area contributed by atoms with Crippen LogP contribution in [0.5, 0.6) is 11.5 Å². The summed E-state index contributed by atoms with van der Waals surface area (Å²) in [6.07, 6.45) is 1.71. The number of fused-ring (bicyclic) bond motifs is 1. The van der Waals surface area contributed by atoms with E-state index in [-0.39, 0.29) is 18.6 Å². The Labute approximate surface area is 113 Å². The molecule has 1 fully saturated rings. The number of nitro groups is 1. The predicted octanol–water partition coefficient (Wildman–Crippen LogP) is 2.04. The summed E-state index contributed by atoms with van der Waals surface area (Å²) >= 11 is 0. The number of esters is 1. The maximum Gasteiger partial charge on any atom is 0.334 e. The van der Waals surface area contributed by atoms with Crippen LogP contribution in [0.4, 0.5) is 5.69 Å². The second kappa shape index (κ2) is 4.52. The van der Waals surface area contributed by atoms with Crippen LogP contribution >= 0.6 is 0 Å². The average Bonchev–Trinajstić information content (AvgIpc) is 2.94. The van der Waals surface area contributed by atoms with Gasteiger partial charge in [0.1, 0.15) is 6.10 Å². The number of hydrogen-bond acceptors (Lipinski definition) is 6. The summed E-state index contributed by atoms with van der Waals surface area (Å²) in [6, 6.07) is 2.81. The van der Waals surface area contributed by atoms with Crippen molar-refractivity contribution in [1.82, 2.24) is 0 Å². The zero-order valence-corrected chi connectivity index (χ0v) is 10.6. The lowest BCUT2D eigenvalue weighted by Gasteiger charge is -2.01. The van der Waals surface area contributed by atoms with Gasteiger partial charge in [0.25, 0.3) is 5.69 Å². The topological polar surface area (TPSA) is 87.9 Å². The standard InChI is InChI=1S/C13H11NO6/c1-7-2-9(13(15)20-7)3-8-4-11-12(19-6-18-11)5-10(8)14(16)17/h3-5,7H,2,6H2,1H3/b9-3-/t7-/m1/s1. The highest BCUT2D eigenvalue weighted by Crippen LogP contribution is 2.39. The first-order valence-electron chi connectivity index (χ1n) is 6.04. The summed E-state index contributed by atoms with van der Waals surface area (Å²) in [5, 5.41) is 11.1. The van der Waals surface area contributed by atoms with Crippen molar-refractivity contribution in [3.05, 3.63) is 33.4 Å². The molecular weight excluding hydrogens is 266 g/mol. The fraction of sp³-hybridized carbons (Fsp3) is 0.308. The molecule has 0 spiro atoms. The highest BCUT2D eigenvalue weighted by atomic mass is 16.7. The molecule has 1 aromatic carbocycles. The van der Waals surface area contributed by atoms with Gasteiger partial charge in [0, 0.05) is 12.0 Å². The summed E-state index contributed by atoms with van der Waals surface area (Å²) in [5.74, 6) is 0.326. The number of nitrogens with zero attached hydrogens (tertiary/aromatic N) is 1. The number of ether oxygens (including phenoxy) is 3. The zero-order valence-electron chi connectivity index (χ0n) is 10.6. The fourth-order valence-corrected chi connectivity index (χ4v) is 2.22. The molecule has 7 nitrogen and oxygen atoms in total. The van der Waals surface area contributed by atoms with Gasteiger partial charge in [0.2, 0.25) is 6.79 Å². The Bertz CT molecular complexity index is 636. The molecule has 2 aliphatic rings. The van der Waals surface area contributed by atoms with Crippen molar-refractivity contribution in [2.45, 2.75) is 19.4 Å². The van der Waals surface area contributed by atoms with E-state index < -0.39 is 10.9 Å². The molecule has 0 radical (unpaired) electrons. The highest BCUT2D eigenvalue weighted by Gasteiger charge is 2.28. The third kappa shape index (κ3) is 2.07. The van der Waals surface area contributed by atoms with Gasteiger partial charge >= 0.3 is 5.97 Å². The predicted molar refractivity (Wildman–Crippen MR) is 67.4 cm³/mol. The maximum atomic E-state index is 11.6. The lowest BCUT2D eigenvalue weighted by Crippen LogP contribution is -1.99. The van der Waals surface area contributed by atoms with Gasteiger partial charge in [0.15, 0.2) is 11.5 Å². The Kier molecular flexibility index (Phi) is 2.81. The van der Waals surface area contributed by atoms with Crippen LogP contribution in [-0.2, 0) is 9.53 Å². The number of rotatable bonds is 2. The fourth-order valence-electron chi connectivity index (χ4n) is 2.22. The molecule has 104 valence electrons. The number of carbonyl (C=O) groups excluding carboxylic acids is 1. The van der Waals surface area contributed by atoms with Crippen LogP contribution in [0.3, 0.4) is 0 Å². The van der Waals surface area contributed by atoms with Crippen molar-refractivity contribution in [3.8, 4) is 11.5 Å². The Hall–Kier alpha value is -2.57. The second-order valence-electron chi connectivity index (χ2n) is 4.61. The monoisotopic (exact) mass is 277 g/mol. The minimum Gasteiger partial charge on any atom is -0.459 e. The first kappa shape index (κ1) is 12.5. The summed E-state index contributed by atoms with van der Waals surface area (Å²) in [5.41, 5.74) is 0.592. The smallest absolute Gasteiger partial charge is 0.334 e. The second-order valence-corrected chi connectivity index (χ2v) is 4.61. The van der Waals surface area contributed by atoms with Gasteiger partial charge in [-0.05, 0) is 19.1 Å². The Balaban J connectivity index is 2.06. The van der Waals surface area contributed by atoms with Crippen LogP contribution in [-0.4, -0.2) is 23.8 Å². The van der Waals surface area contributed by atoms with Crippen LogP contribution in [0.1, 0.15) is 18.9 Å². The summed E-state index contributed by atoms with van der Waals surface area (Å²) in [6.45, 7) is 1.80. The van der Waals surface area contributed by atoms with E-state index in [0.717, 1.165) is 0 Å². The maximum absolute atomic E-state index is 11.6. The van der Waals surface area contributed by atoms with Gasteiger partial charge < -0.3 is 14.2 Å². The van der Waals surface area contributed by atoms with E-state index >= 15 is 0 Å². The van der Waals surface area contributed by atoms with Crippen molar-refractivity contribution < 1.29 is 23.9 Å². The first-order valence-corrected chi connectivity index (χ1v) is 6.04. The number of nitro benzene ring substituents is 1. The molecule has 7 heteroatoms. The number of carbonyl (C=O) groups is 1. The van der Waals surface area contributed by atoms with Gasteiger partial charge in [-0.3, -0.25) is 10.1 Å². The molecular formula is C13H11NO6. The molecule has 0 aromatic heterocycles. The summed E-state index contributed by atoms with van der Waals surface area (Å²) in [4.78, 5) is 22.2. The van der Waals surface area contributed by atoms with E-state index in [1.54, 1.807) is 6.92 Å². The molecule has 1 aromatic rings. The van der Waals surface area contributed by atoms with Gasteiger partial charge in [-0.25, -0.2) is 4.79 Å². The quantitative estimate of drug-likeness (QED) is 0.356. The molecule has 2 aliphatic heterocycles. The molecule has 20 heavy (non-hydrogen) atoms. The lowest BCUT2D eigenvalue weighted by atomic mass is 10.1. The molecule has 0 unspecified atom stereocenters. The van der Waals surface area contributed by atoms with E-state index in [0.29, 0.717) is 29.1 Å². The van der Waals surface area contributed by atoms with E-state index in [4.69, 9.17) is 14.2 Å². The highest BCUT2D eigenvalue weighted by molar-refractivity contribution is 5.96. The summed E-state index contributed by atoms with van der Waals surface area (Å²) < 4.78 is 15.3. The van der Waals surface area contributed by atoms with E-state index in [9.17, 15) is 14.9 Å². The minimum atomic E-state index is -0.516. The SMILES string of the molecule is C[C@@H]1C/C(=C/c2cc3c(cc2[N+](=O)[O-])OCO3)C(=O)O1. The van der Waals surface area contributed by atoms with Crippen molar-refractivity contribution in [1.29, 1.82) is 0 Å². The molecule has 1 saturated heterocycles. The number of hydrogen-bond donors (Lipinski definition) is 0. The third-order valence-corrected chi connectivity index (χ3v) is 3.13. The van der Waals surface area contributed by atoms with Gasteiger partial charge in [-0.1, -0.05) is 0 Å². The largest absolute Gasteiger partial charge is 0.459 e. The Morgan fingerprint density at radius 3 is 2.65 bits per heavy atom. The van der Waals surface area contributed by atoms with Crippen molar-refractivity contribution in [2.24, 2.45) is 0 Å². The average molecular weight is 277 g/mol.